The third-order valence-corrected chi connectivity index (χ3v) is 2.57. The van der Waals surface area contributed by atoms with Gasteiger partial charge in [-0.3, -0.25) is 4.79 Å². The van der Waals surface area contributed by atoms with E-state index in [1.165, 1.54) is 7.11 Å². The Morgan fingerprint density at radius 3 is 2.33 bits per heavy atom. The molecule has 0 atom stereocenters. The maximum atomic E-state index is 11.8. The van der Waals surface area contributed by atoms with Crippen LogP contribution in [-0.2, 0) is 9.53 Å². The lowest BCUT2D eigenvalue weighted by atomic mass is 10.1. The molecule has 1 aromatic carbocycles. The summed E-state index contributed by atoms with van der Waals surface area (Å²) in [6.45, 7) is 1.76. The number of Topliss-reactive ketones (excluding diaryl/α,β-unsaturated/α-hetero) is 1. The molecule has 0 heterocycles. The number of ether oxygens (including phenoxy) is 1. The standard InChI is InChI=1S/C12H10O3/c1-7-8-5-3-4-6-9(8)11(13)10(7)12(14)15-2/h3-6H,1-2H3. The molecule has 15 heavy (non-hydrogen) atoms. The Kier molecular flexibility index (Phi) is 2.15. The lowest BCUT2D eigenvalue weighted by molar-refractivity contribution is -0.135. The van der Waals surface area contributed by atoms with E-state index < -0.39 is 5.97 Å². The number of benzene rings is 1. The molecule has 0 bridgehead atoms. The predicted molar refractivity (Wildman–Crippen MR) is 55.4 cm³/mol. The molecule has 0 aromatic heterocycles. The van der Waals surface area contributed by atoms with E-state index >= 15 is 0 Å². The minimum Gasteiger partial charge on any atom is -0.465 e. The summed E-state index contributed by atoms with van der Waals surface area (Å²) in [6, 6.07) is 7.18. The molecule has 0 unspecified atom stereocenters. The van der Waals surface area contributed by atoms with Gasteiger partial charge in [-0.05, 0) is 18.1 Å². The van der Waals surface area contributed by atoms with E-state index in [2.05, 4.69) is 4.74 Å². The summed E-state index contributed by atoms with van der Waals surface area (Å²) in [7, 11) is 1.28. The first-order valence-corrected chi connectivity index (χ1v) is 4.60. The minimum atomic E-state index is -0.561. The zero-order valence-electron chi connectivity index (χ0n) is 8.53. The fourth-order valence-electron chi connectivity index (χ4n) is 1.80. The number of ketones is 1. The van der Waals surface area contributed by atoms with Crippen molar-refractivity contribution in [3.05, 3.63) is 41.0 Å². The largest absolute Gasteiger partial charge is 0.465 e. The van der Waals surface area contributed by atoms with Gasteiger partial charge in [-0.25, -0.2) is 4.79 Å². The van der Waals surface area contributed by atoms with E-state index in [0.717, 1.165) is 5.56 Å². The number of carbonyl (C=O) groups is 2. The molecule has 0 saturated carbocycles. The quantitative estimate of drug-likeness (QED) is 0.515. The molecule has 1 aliphatic rings. The van der Waals surface area contributed by atoms with Crippen LogP contribution in [0.2, 0.25) is 0 Å². The van der Waals surface area contributed by atoms with Gasteiger partial charge in [0.25, 0.3) is 0 Å². The molecule has 1 aromatic rings. The summed E-state index contributed by atoms with van der Waals surface area (Å²) < 4.78 is 4.59. The summed E-state index contributed by atoms with van der Waals surface area (Å²) in [5.41, 5.74) is 2.25. The molecular weight excluding hydrogens is 192 g/mol. The molecule has 0 spiro atoms. The van der Waals surface area contributed by atoms with Gasteiger partial charge in [0.1, 0.15) is 5.57 Å². The smallest absolute Gasteiger partial charge is 0.342 e. The zero-order chi connectivity index (χ0) is 11.0. The van der Waals surface area contributed by atoms with Crippen molar-refractivity contribution in [1.29, 1.82) is 0 Å². The van der Waals surface area contributed by atoms with Gasteiger partial charge in [-0.1, -0.05) is 24.3 Å². The van der Waals surface area contributed by atoms with E-state index in [1.807, 2.05) is 12.1 Å². The highest BCUT2D eigenvalue weighted by Gasteiger charge is 2.31. The normalized spacial score (nSPS) is 14.1. The monoisotopic (exact) mass is 202 g/mol. The van der Waals surface area contributed by atoms with E-state index in [0.29, 0.717) is 11.1 Å². The Morgan fingerprint density at radius 2 is 1.80 bits per heavy atom. The van der Waals surface area contributed by atoms with Crippen molar-refractivity contribution in [2.24, 2.45) is 0 Å². The molecule has 1 aliphatic carbocycles. The average Bonchev–Trinajstić information content (AvgIpc) is 2.52. The van der Waals surface area contributed by atoms with Crippen molar-refractivity contribution in [3.8, 4) is 0 Å². The van der Waals surface area contributed by atoms with E-state index in [4.69, 9.17) is 0 Å². The lowest BCUT2D eigenvalue weighted by Crippen LogP contribution is -2.11. The van der Waals surface area contributed by atoms with Crippen LogP contribution < -0.4 is 0 Å². The van der Waals surface area contributed by atoms with Gasteiger partial charge in [-0.2, -0.15) is 0 Å². The second kappa shape index (κ2) is 3.35. The molecule has 0 aliphatic heterocycles. The van der Waals surface area contributed by atoms with Crippen LogP contribution in [0.15, 0.2) is 29.8 Å². The Morgan fingerprint density at radius 1 is 1.20 bits per heavy atom. The third-order valence-electron chi connectivity index (χ3n) is 2.57. The van der Waals surface area contributed by atoms with Gasteiger partial charge in [0.2, 0.25) is 5.78 Å². The lowest BCUT2D eigenvalue weighted by Gasteiger charge is -1.98. The molecular formula is C12H10O3. The predicted octanol–water partition coefficient (Wildman–Crippen LogP) is 1.83. The van der Waals surface area contributed by atoms with E-state index in [1.54, 1.807) is 19.1 Å². The van der Waals surface area contributed by atoms with Crippen LogP contribution in [0, 0.1) is 0 Å². The summed E-state index contributed by atoms with van der Waals surface area (Å²) in [5.74, 6) is -0.802. The summed E-state index contributed by atoms with van der Waals surface area (Å²) in [6.07, 6.45) is 0. The first-order valence-electron chi connectivity index (χ1n) is 4.60. The van der Waals surface area contributed by atoms with E-state index in [-0.39, 0.29) is 11.4 Å². The minimum absolute atomic E-state index is 0.152. The maximum absolute atomic E-state index is 11.8. The SMILES string of the molecule is COC(=O)C1=C(C)c2ccccc2C1=O. The Labute approximate surface area is 87.4 Å². The van der Waals surface area contributed by atoms with Gasteiger partial charge >= 0.3 is 5.97 Å². The molecule has 0 N–H and O–H groups in total. The maximum Gasteiger partial charge on any atom is 0.342 e. The highest BCUT2D eigenvalue weighted by Crippen LogP contribution is 2.32. The molecule has 3 heteroatoms. The molecule has 3 nitrogen and oxygen atoms in total. The van der Waals surface area contributed by atoms with Crippen molar-refractivity contribution in [2.75, 3.05) is 7.11 Å². The number of methoxy groups -OCH3 is 1. The molecule has 0 radical (unpaired) electrons. The number of rotatable bonds is 1. The fourth-order valence-corrected chi connectivity index (χ4v) is 1.80. The highest BCUT2D eigenvalue weighted by molar-refractivity contribution is 6.33. The summed E-state index contributed by atoms with van der Waals surface area (Å²) in [4.78, 5) is 23.3. The fraction of sp³-hybridized carbons (Fsp3) is 0.167. The Bertz CT molecular complexity index is 483. The van der Waals surface area contributed by atoms with Crippen LogP contribution in [-0.4, -0.2) is 18.9 Å². The summed E-state index contributed by atoms with van der Waals surface area (Å²) in [5, 5.41) is 0. The highest BCUT2D eigenvalue weighted by atomic mass is 16.5. The van der Waals surface area contributed by atoms with Crippen LogP contribution in [0.25, 0.3) is 5.57 Å². The third kappa shape index (κ3) is 1.28. The van der Waals surface area contributed by atoms with Crippen molar-refractivity contribution in [3.63, 3.8) is 0 Å². The Balaban J connectivity index is 2.60. The van der Waals surface area contributed by atoms with Gasteiger partial charge < -0.3 is 4.74 Å². The van der Waals surface area contributed by atoms with Gasteiger partial charge in [0.05, 0.1) is 7.11 Å². The van der Waals surface area contributed by atoms with Crippen LogP contribution in [0.1, 0.15) is 22.8 Å². The van der Waals surface area contributed by atoms with Crippen LogP contribution in [0.4, 0.5) is 0 Å². The van der Waals surface area contributed by atoms with Crippen molar-refractivity contribution >= 4 is 17.3 Å². The number of allylic oxidation sites excluding steroid dienone is 1. The topological polar surface area (TPSA) is 43.4 Å². The van der Waals surface area contributed by atoms with Crippen LogP contribution in [0.3, 0.4) is 0 Å². The number of esters is 1. The zero-order valence-corrected chi connectivity index (χ0v) is 8.53. The Hall–Kier alpha value is -1.90. The molecule has 76 valence electrons. The first-order chi connectivity index (χ1) is 7.16. The number of hydrogen-bond donors (Lipinski definition) is 0. The van der Waals surface area contributed by atoms with Crippen molar-refractivity contribution in [1.82, 2.24) is 0 Å². The molecule has 0 fully saturated rings. The second-order valence-electron chi connectivity index (χ2n) is 3.37. The molecule has 2 rings (SSSR count). The molecule has 0 amide bonds. The number of hydrogen-bond acceptors (Lipinski definition) is 3. The van der Waals surface area contributed by atoms with Gasteiger partial charge in [0, 0.05) is 5.56 Å². The van der Waals surface area contributed by atoms with Crippen molar-refractivity contribution < 1.29 is 14.3 Å². The first kappa shape index (κ1) is 9.65. The van der Waals surface area contributed by atoms with Crippen LogP contribution in [0.5, 0.6) is 0 Å². The average molecular weight is 202 g/mol. The van der Waals surface area contributed by atoms with Gasteiger partial charge in [0.15, 0.2) is 0 Å². The van der Waals surface area contributed by atoms with Gasteiger partial charge in [-0.15, -0.1) is 0 Å². The number of carbonyl (C=O) groups excluding carboxylic acids is 2. The van der Waals surface area contributed by atoms with E-state index in [9.17, 15) is 9.59 Å². The van der Waals surface area contributed by atoms with Crippen molar-refractivity contribution in [2.45, 2.75) is 6.92 Å². The summed E-state index contributed by atoms with van der Waals surface area (Å²) >= 11 is 0. The van der Waals surface area contributed by atoms with Crippen LogP contribution >= 0.6 is 0 Å². The number of fused-ring (bicyclic) bond motifs is 1. The second-order valence-corrected chi connectivity index (χ2v) is 3.37. The molecule has 0 saturated heterocycles.